The molecule has 0 aliphatic heterocycles. The van der Waals surface area contributed by atoms with E-state index in [9.17, 15) is 9.18 Å². The zero-order valence-electron chi connectivity index (χ0n) is 13.8. The Balaban J connectivity index is 1.89. The molecule has 1 aromatic carbocycles. The third-order valence-electron chi connectivity index (χ3n) is 3.84. The van der Waals surface area contributed by atoms with Crippen molar-refractivity contribution in [3.05, 3.63) is 28.5 Å². The molecule has 1 aromatic rings. The van der Waals surface area contributed by atoms with E-state index in [1.165, 1.54) is 6.07 Å². The third-order valence-corrected chi connectivity index (χ3v) is 4.33. The summed E-state index contributed by atoms with van der Waals surface area (Å²) in [4.78, 5) is 11.8. The van der Waals surface area contributed by atoms with Gasteiger partial charge in [-0.25, -0.2) is 9.18 Å². The minimum absolute atomic E-state index is 0.153. The molecule has 0 spiro atoms. The van der Waals surface area contributed by atoms with Crippen LogP contribution in [0.1, 0.15) is 40.0 Å². The van der Waals surface area contributed by atoms with Gasteiger partial charge in [-0.2, -0.15) is 0 Å². The van der Waals surface area contributed by atoms with Crippen molar-refractivity contribution in [2.75, 3.05) is 11.9 Å². The van der Waals surface area contributed by atoms with Crippen molar-refractivity contribution in [3.8, 4) is 0 Å². The molecule has 2 N–H and O–H groups in total. The van der Waals surface area contributed by atoms with E-state index < -0.39 is 11.7 Å². The molecule has 128 valence electrons. The van der Waals surface area contributed by atoms with Crippen molar-refractivity contribution in [1.82, 2.24) is 5.32 Å². The summed E-state index contributed by atoms with van der Waals surface area (Å²) in [6, 6.07) is 5.15. The maximum Gasteiger partial charge on any atom is 0.407 e. The van der Waals surface area contributed by atoms with E-state index in [0.29, 0.717) is 12.2 Å². The van der Waals surface area contributed by atoms with Gasteiger partial charge in [0.15, 0.2) is 0 Å². The maximum atomic E-state index is 13.9. The van der Waals surface area contributed by atoms with Gasteiger partial charge < -0.3 is 15.4 Å². The number of hydrogen-bond acceptors (Lipinski definition) is 3. The number of carbonyl (C=O) groups is 1. The van der Waals surface area contributed by atoms with Crippen LogP contribution in [0.5, 0.6) is 0 Å². The highest BCUT2D eigenvalue weighted by molar-refractivity contribution is 9.10. The Bertz CT molecular complexity index is 560. The van der Waals surface area contributed by atoms with Gasteiger partial charge in [-0.1, -0.05) is 22.4 Å². The molecule has 1 fully saturated rings. The molecule has 0 bridgehead atoms. The van der Waals surface area contributed by atoms with Crippen LogP contribution in [0.15, 0.2) is 22.7 Å². The lowest BCUT2D eigenvalue weighted by Gasteiger charge is -2.24. The summed E-state index contributed by atoms with van der Waals surface area (Å²) in [5, 5.41) is 6.09. The van der Waals surface area contributed by atoms with Gasteiger partial charge in [0.1, 0.15) is 11.4 Å². The number of nitrogens with one attached hydrogen (secondary N) is 2. The van der Waals surface area contributed by atoms with Gasteiger partial charge in [0.25, 0.3) is 0 Å². The second-order valence-corrected chi connectivity index (χ2v) is 7.86. The molecular formula is C17H24BrFN2O2. The monoisotopic (exact) mass is 386 g/mol. The molecule has 4 nitrogen and oxygen atoms in total. The van der Waals surface area contributed by atoms with Gasteiger partial charge >= 0.3 is 6.09 Å². The zero-order chi connectivity index (χ0) is 17.0. The van der Waals surface area contributed by atoms with Crippen LogP contribution in [0, 0.1) is 11.7 Å². The largest absolute Gasteiger partial charge is 0.444 e. The number of amides is 1. The molecule has 0 heterocycles. The highest BCUT2D eigenvalue weighted by Gasteiger charge is 2.28. The molecule has 1 saturated carbocycles. The summed E-state index contributed by atoms with van der Waals surface area (Å²) in [5.74, 6) is -0.00399. The van der Waals surface area contributed by atoms with Crippen molar-refractivity contribution in [1.29, 1.82) is 0 Å². The molecule has 1 amide bonds. The summed E-state index contributed by atoms with van der Waals surface area (Å²) < 4.78 is 19.9. The molecule has 2 rings (SSSR count). The van der Waals surface area contributed by atoms with Crippen molar-refractivity contribution < 1.29 is 13.9 Å². The third kappa shape index (κ3) is 5.68. The number of rotatable bonds is 4. The van der Waals surface area contributed by atoms with Crippen LogP contribution in [-0.4, -0.2) is 24.3 Å². The Labute approximate surface area is 145 Å². The van der Waals surface area contributed by atoms with Crippen LogP contribution < -0.4 is 10.6 Å². The Morgan fingerprint density at radius 3 is 2.78 bits per heavy atom. The average molecular weight is 387 g/mol. The van der Waals surface area contributed by atoms with E-state index in [1.807, 2.05) is 26.8 Å². The number of ether oxygens (including phenoxy) is 1. The lowest BCUT2D eigenvalue weighted by atomic mass is 10.0. The first-order valence-electron chi connectivity index (χ1n) is 7.93. The van der Waals surface area contributed by atoms with Crippen LogP contribution in [0.2, 0.25) is 0 Å². The van der Waals surface area contributed by atoms with E-state index in [1.54, 1.807) is 6.07 Å². The Hall–Kier alpha value is -1.30. The van der Waals surface area contributed by atoms with Crippen molar-refractivity contribution >= 4 is 27.7 Å². The lowest BCUT2D eigenvalue weighted by Crippen LogP contribution is -2.38. The molecule has 2 unspecified atom stereocenters. The highest BCUT2D eigenvalue weighted by atomic mass is 79.9. The van der Waals surface area contributed by atoms with Gasteiger partial charge in [0.2, 0.25) is 0 Å². The van der Waals surface area contributed by atoms with Gasteiger partial charge in [-0.3, -0.25) is 0 Å². The summed E-state index contributed by atoms with van der Waals surface area (Å²) in [6.07, 6.45) is 2.64. The van der Waals surface area contributed by atoms with Crippen molar-refractivity contribution in [3.63, 3.8) is 0 Å². The fraction of sp³-hybridized carbons (Fsp3) is 0.588. The first-order chi connectivity index (χ1) is 10.7. The molecule has 0 saturated heterocycles. The van der Waals surface area contributed by atoms with E-state index in [-0.39, 0.29) is 17.8 Å². The Morgan fingerprint density at radius 1 is 1.39 bits per heavy atom. The number of carbonyl (C=O) groups excluding carboxylic acids is 1. The fourth-order valence-electron chi connectivity index (χ4n) is 2.81. The second kappa shape index (κ2) is 7.51. The van der Waals surface area contributed by atoms with Crippen LogP contribution >= 0.6 is 15.9 Å². The smallest absolute Gasteiger partial charge is 0.407 e. The Kier molecular flexibility index (Phi) is 5.89. The van der Waals surface area contributed by atoms with E-state index in [4.69, 9.17) is 4.74 Å². The van der Waals surface area contributed by atoms with Crippen LogP contribution in [0.3, 0.4) is 0 Å². The normalized spacial score (nSPS) is 21.1. The zero-order valence-corrected chi connectivity index (χ0v) is 15.4. The number of benzene rings is 1. The van der Waals surface area contributed by atoms with Gasteiger partial charge in [0, 0.05) is 17.1 Å². The predicted octanol–water partition coefficient (Wildman–Crippen LogP) is 4.69. The van der Waals surface area contributed by atoms with Crippen LogP contribution in [0.25, 0.3) is 0 Å². The molecule has 1 aliphatic carbocycles. The quantitative estimate of drug-likeness (QED) is 0.788. The summed E-state index contributed by atoms with van der Waals surface area (Å²) in [5.41, 5.74) is 0.000173. The summed E-state index contributed by atoms with van der Waals surface area (Å²) in [7, 11) is 0. The molecule has 2 atom stereocenters. The van der Waals surface area contributed by atoms with Gasteiger partial charge in [-0.15, -0.1) is 0 Å². The molecule has 1 aliphatic rings. The maximum absolute atomic E-state index is 13.9. The topological polar surface area (TPSA) is 50.4 Å². The number of alkyl carbamates (subject to hydrolysis) is 1. The number of hydrogen-bond donors (Lipinski definition) is 2. The minimum Gasteiger partial charge on any atom is -0.444 e. The molecule has 0 aromatic heterocycles. The van der Waals surface area contributed by atoms with Crippen molar-refractivity contribution in [2.45, 2.75) is 51.7 Å². The van der Waals surface area contributed by atoms with E-state index in [2.05, 4.69) is 26.6 Å². The predicted molar refractivity (Wildman–Crippen MR) is 93.1 cm³/mol. The van der Waals surface area contributed by atoms with Crippen molar-refractivity contribution in [2.24, 2.45) is 5.92 Å². The SMILES string of the molecule is CC(C)(C)OC(=O)NCC1CCCC1Nc1ccc(Br)cc1F. The molecule has 6 heteroatoms. The second-order valence-electron chi connectivity index (χ2n) is 6.95. The highest BCUT2D eigenvalue weighted by Crippen LogP contribution is 2.30. The number of halogens is 2. The van der Waals surface area contributed by atoms with Gasteiger partial charge in [-0.05, 0) is 57.7 Å². The fourth-order valence-corrected chi connectivity index (χ4v) is 3.14. The lowest BCUT2D eigenvalue weighted by molar-refractivity contribution is 0.0519. The summed E-state index contributed by atoms with van der Waals surface area (Å²) >= 11 is 3.26. The minimum atomic E-state index is -0.502. The Morgan fingerprint density at radius 2 is 2.13 bits per heavy atom. The molecule has 0 radical (unpaired) electrons. The average Bonchev–Trinajstić information content (AvgIpc) is 2.85. The van der Waals surface area contributed by atoms with Gasteiger partial charge in [0.05, 0.1) is 5.69 Å². The standard InChI is InChI=1S/C17H24BrFN2O2/c1-17(2,3)23-16(22)20-10-11-5-4-6-14(11)21-15-8-7-12(18)9-13(15)19/h7-9,11,14,21H,4-6,10H2,1-3H3,(H,20,22). The molecule has 23 heavy (non-hydrogen) atoms. The van der Waals surface area contributed by atoms with E-state index >= 15 is 0 Å². The summed E-state index contributed by atoms with van der Waals surface area (Å²) in [6.45, 7) is 6.04. The first kappa shape index (κ1) is 18.0. The van der Waals surface area contributed by atoms with Crippen LogP contribution in [-0.2, 0) is 4.74 Å². The van der Waals surface area contributed by atoms with E-state index in [0.717, 1.165) is 23.7 Å². The molecular weight excluding hydrogens is 363 g/mol. The van der Waals surface area contributed by atoms with Crippen LogP contribution in [0.4, 0.5) is 14.9 Å². The number of anilines is 1. The first-order valence-corrected chi connectivity index (χ1v) is 8.72.